The largest absolute Gasteiger partial charge is 0.497 e. The molecule has 2 aromatic carbocycles. The Balaban J connectivity index is 1.59. The van der Waals surface area contributed by atoms with Crippen LogP contribution in [-0.2, 0) is 9.59 Å². The Hall–Kier alpha value is -3.54. The molecule has 3 rings (SSSR count). The molecule has 0 unspecified atom stereocenters. The van der Waals surface area contributed by atoms with Crippen molar-refractivity contribution in [2.24, 2.45) is 0 Å². The second-order valence-corrected chi connectivity index (χ2v) is 7.89. The van der Waals surface area contributed by atoms with Crippen LogP contribution in [0.5, 0.6) is 11.5 Å². The summed E-state index contributed by atoms with van der Waals surface area (Å²) in [5, 5.41) is 0. The molecule has 6 heteroatoms. The van der Waals surface area contributed by atoms with E-state index in [1.807, 2.05) is 72.2 Å². The molecule has 0 bridgehead atoms. The van der Waals surface area contributed by atoms with Crippen molar-refractivity contribution in [3.63, 3.8) is 0 Å². The second kappa shape index (κ2) is 10.7. The van der Waals surface area contributed by atoms with Crippen LogP contribution < -0.4 is 9.47 Å². The number of ether oxygens (including phenoxy) is 2. The molecule has 1 aliphatic heterocycles. The zero-order valence-corrected chi connectivity index (χ0v) is 19.0. The number of piperazine rings is 1. The van der Waals surface area contributed by atoms with Gasteiger partial charge in [0, 0.05) is 37.3 Å². The Morgan fingerprint density at radius 3 is 1.38 bits per heavy atom. The number of hydrogen-bond acceptors (Lipinski definition) is 4. The van der Waals surface area contributed by atoms with E-state index in [2.05, 4.69) is 0 Å². The van der Waals surface area contributed by atoms with Crippen LogP contribution >= 0.6 is 0 Å². The first kappa shape index (κ1) is 23.1. The van der Waals surface area contributed by atoms with E-state index in [1.165, 1.54) is 0 Å². The van der Waals surface area contributed by atoms with Gasteiger partial charge in [-0.3, -0.25) is 9.59 Å². The summed E-state index contributed by atoms with van der Waals surface area (Å²) in [5.74, 6) is 1.44. The Bertz CT molecular complexity index is 898. The average Bonchev–Trinajstić information content (AvgIpc) is 2.82. The molecular weight excluding hydrogens is 404 g/mol. The highest BCUT2D eigenvalue weighted by Crippen LogP contribution is 2.18. The van der Waals surface area contributed by atoms with Crippen molar-refractivity contribution in [2.45, 2.75) is 25.9 Å². The lowest BCUT2D eigenvalue weighted by molar-refractivity contribution is -0.139. The lowest BCUT2D eigenvalue weighted by Gasteiger charge is -2.43. The fraction of sp³-hybridized carbons (Fsp3) is 0.308. The standard InChI is InChI=1S/C26H30N2O4/c1-19-17-28(26(30)16-10-22-7-13-24(32-4)14-8-22)20(2)18-27(19)25(29)15-9-21-5-11-23(31-3)12-6-21/h5-16,19-20H,17-18H2,1-4H3/b15-9-,16-10-/t19-,20-/m0/s1. The van der Waals surface area contributed by atoms with E-state index in [4.69, 9.17) is 9.47 Å². The van der Waals surface area contributed by atoms with Gasteiger partial charge in [-0.05, 0) is 61.4 Å². The van der Waals surface area contributed by atoms with Gasteiger partial charge in [-0.25, -0.2) is 0 Å². The quantitative estimate of drug-likeness (QED) is 0.648. The van der Waals surface area contributed by atoms with Crippen LogP contribution in [0.4, 0.5) is 0 Å². The van der Waals surface area contributed by atoms with E-state index in [9.17, 15) is 9.59 Å². The molecule has 1 aliphatic rings. The number of hydrogen-bond donors (Lipinski definition) is 0. The third-order valence-corrected chi connectivity index (χ3v) is 5.62. The van der Waals surface area contributed by atoms with Gasteiger partial charge in [0.15, 0.2) is 0 Å². The Morgan fingerprint density at radius 1 is 0.719 bits per heavy atom. The van der Waals surface area contributed by atoms with Crippen LogP contribution in [0.25, 0.3) is 12.2 Å². The minimum absolute atomic E-state index is 0.0546. The third-order valence-electron chi connectivity index (χ3n) is 5.62. The van der Waals surface area contributed by atoms with Gasteiger partial charge in [-0.2, -0.15) is 0 Å². The Kier molecular flexibility index (Phi) is 7.71. The predicted molar refractivity (Wildman–Crippen MR) is 126 cm³/mol. The van der Waals surface area contributed by atoms with Crippen LogP contribution in [0.3, 0.4) is 0 Å². The highest BCUT2D eigenvalue weighted by molar-refractivity contribution is 5.94. The van der Waals surface area contributed by atoms with Crippen molar-refractivity contribution in [2.75, 3.05) is 27.3 Å². The summed E-state index contributed by atoms with van der Waals surface area (Å²) in [5.41, 5.74) is 1.86. The van der Waals surface area contributed by atoms with Gasteiger partial charge in [0.25, 0.3) is 0 Å². The summed E-state index contributed by atoms with van der Waals surface area (Å²) in [6, 6.07) is 14.9. The molecule has 168 valence electrons. The molecule has 32 heavy (non-hydrogen) atoms. The van der Waals surface area contributed by atoms with E-state index >= 15 is 0 Å². The van der Waals surface area contributed by atoms with Gasteiger partial charge >= 0.3 is 0 Å². The molecule has 0 spiro atoms. The zero-order chi connectivity index (χ0) is 23.1. The van der Waals surface area contributed by atoms with E-state index < -0.39 is 0 Å². The van der Waals surface area contributed by atoms with Gasteiger partial charge in [0.05, 0.1) is 14.2 Å². The topological polar surface area (TPSA) is 59.1 Å². The molecule has 0 aliphatic carbocycles. The van der Waals surface area contributed by atoms with Crippen molar-refractivity contribution in [3.8, 4) is 11.5 Å². The molecule has 0 radical (unpaired) electrons. The van der Waals surface area contributed by atoms with E-state index in [0.717, 1.165) is 22.6 Å². The molecule has 1 saturated heterocycles. The molecule has 2 atom stereocenters. The summed E-state index contributed by atoms with van der Waals surface area (Å²) < 4.78 is 10.3. The van der Waals surface area contributed by atoms with Crippen molar-refractivity contribution in [1.82, 2.24) is 9.80 Å². The first-order valence-corrected chi connectivity index (χ1v) is 10.7. The highest BCUT2D eigenvalue weighted by Gasteiger charge is 2.32. The molecule has 2 amide bonds. The highest BCUT2D eigenvalue weighted by atomic mass is 16.5. The maximum Gasteiger partial charge on any atom is 0.246 e. The van der Waals surface area contributed by atoms with E-state index in [0.29, 0.717) is 13.1 Å². The number of nitrogens with zero attached hydrogens (tertiary/aromatic N) is 2. The molecule has 2 aromatic rings. The lowest BCUT2D eigenvalue weighted by atomic mass is 10.1. The Labute approximate surface area is 189 Å². The van der Waals surface area contributed by atoms with Crippen LogP contribution in [-0.4, -0.2) is 61.0 Å². The Morgan fingerprint density at radius 2 is 1.06 bits per heavy atom. The summed E-state index contributed by atoms with van der Waals surface area (Å²) in [6.45, 7) is 4.93. The molecule has 1 heterocycles. The second-order valence-electron chi connectivity index (χ2n) is 7.89. The smallest absolute Gasteiger partial charge is 0.246 e. The zero-order valence-electron chi connectivity index (χ0n) is 19.0. The minimum atomic E-state index is -0.0717. The van der Waals surface area contributed by atoms with Gasteiger partial charge in [0.2, 0.25) is 11.8 Å². The first-order valence-electron chi connectivity index (χ1n) is 10.7. The number of amides is 2. The van der Waals surface area contributed by atoms with Gasteiger partial charge < -0.3 is 19.3 Å². The van der Waals surface area contributed by atoms with Gasteiger partial charge in [0.1, 0.15) is 11.5 Å². The van der Waals surface area contributed by atoms with E-state index in [-0.39, 0.29) is 23.9 Å². The molecule has 6 nitrogen and oxygen atoms in total. The summed E-state index contributed by atoms with van der Waals surface area (Å²) in [4.78, 5) is 29.2. The summed E-state index contributed by atoms with van der Waals surface area (Å²) in [6.07, 6.45) is 6.78. The monoisotopic (exact) mass is 434 g/mol. The van der Waals surface area contributed by atoms with Crippen molar-refractivity contribution < 1.29 is 19.1 Å². The molecule has 0 N–H and O–H groups in total. The molecule has 0 saturated carbocycles. The fourth-order valence-electron chi connectivity index (χ4n) is 3.70. The maximum absolute atomic E-state index is 12.8. The van der Waals surface area contributed by atoms with Crippen LogP contribution in [0.15, 0.2) is 60.7 Å². The van der Waals surface area contributed by atoms with Crippen molar-refractivity contribution >= 4 is 24.0 Å². The number of carbonyl (C=O) groups excluding carboxylic acids is 2. The fourth-order valence-corrected chi connectivity index (χ4v) is 3.70. The normalized spacial score (nSPS) is 18.9. The number of methoxy groups -OCH3 is 2. The summed E-state index contributed by atoms with van der Waals surface area (Å²) in [7, 11) is 3.24. The van der Waals surface area contributed by atoms with Gasteiger partial charge in [-0.1, -0.05) is 24.3 Å². The van der Waals surface area contributed by atoms with Crippen LogP contribution in [0.2, 0.25) is 0 Å². The number of benzene rings is 2. The molecule has 1 fully saturated rings. The molecule has 0 aromatic heterocycles. The van der Waals surface area contributed by atoms with E-state index in [1.54, 1.807) is 38.5 Å². The maximum atomic E-state index is 12.8. The third kappa shape index (κ3) is 5.78. The minimum Gasteiger partial charge on any atom is -0.497 e. The van der Waals surface area contributed by atoms with Crippen molar-refractivity contribution in [1.29, 1.82) is 0 Å². The number of carbonyl (C=O) groups is 2. The molecular formula is C26H30N2O4. The lowest BCUT2D eigenvalue weighted by Crippen LogP contribution is -2.59. The SMILES string of the molecule is COc1ccc(/C=C\C(=O)N2C[C@H](C)N(C(=O)/C=C\c3ccc(OC)cc3)C[C@@H]2C)cc1. The van der Waals surface area contributed by atoms with Crippen LogP contribution in [0.1, 0.15) is 25.0 Å². The number of rotatable bonds is 6. The van der Waals surface area contributed by atoms with Crippen LogP contribution in [0, 0.1) is 0 Å². The predicted octanol–water partition coefficient (Wildman–Crippen LogP) is 3.88. The van der Waals surface area contributed by atoms with Crippen molar-refractivity contribution in [3.05, 3.63) is 71.8 Å². The van der Waals surface area contributed by atoms with Gasteiger partial charge in [-0.15, -0.1) is 0 Å². The summed E-state index contributed by atoms with van der Waals surface area (Å²) >= 11 is 0. The first-order chi connectivity index (χ1) is 15.4. The average molecular weight is 435 g/mol.